The molecule has 0 atom stereocenters. The molecule has 33 rings (SSSR count). The molecule has 0 unspecified atom stereocenters. The summed E-state index contributed by atoms with van der Waals surface area (Å²) < 4.78 is 30.0. The summed E-state index contributed by atoms with van der Waals surface area (Å²) in [5.74, 6) is 0. The van der Waals surface area contributed by atoms with Gasteiger partial charge in [0.2, 0.25) is 0 Å². The summed E-state index contributed by atoms with van der Waals surface area (Å²) in [7, 11) is 0. The summed E-state index contributed by atoms with van der Waals surface area (Å²) in [6, 6.07) is 159. The van der Waals surface area contributed by atoms with E-state index in [9.17, 15) is 0 Å². The molecule has 33 aromatic rings. The molecule has 0 radical (unpaired) electrons. The van der Waals surface area contributed by atoms with E-state index in [1.54, 1.807) is 0 Å². The molecule has 0 aliphatic carbocycles. The van der Waals surface area contributed by atoms with E-state index in [4.69, 9.17) is 8.83 Å². The van der Waals surface area contributed by atoms with Crippen LogP contribution in [0, 0.1) is 0 Å². The van der Waals surface area contributed by atoms with E-state index in [2.05, 4.69) is 439 Å². The zero-order valence-corrected chi connectivity index (χ0v) is 73.3. The lowest BCUT2D eigenvalue weighted by molar-refractivity contribution is 0.669. The Hall–Kier alpha value is -17.8. The number of nitrogens with zero attached hydrogens (tertiary/aromatic N) is 6. The fourth-order valence-corrected chi connectivity index (χ4v) is 25.2. The zero-order valence-electron chi connectivity index (χ0n) is 72.5. The lowest BCUT2D eigenvalue weighted by Crippen LogP contribution is -1.95. The standard InChI is InChI=1S/2C42H24N2O.C42H24N2S/c1-4-15-34-28(9-1)31-13-8-17-36-39(31)40-37(24-23-32-29-10-2-5-16-35(29)44(34)41(32)40)43(36)26-21-19-25(20-22-26)27-12-7-14-33-30-11-3-6-18-38(30)45-42(27)33;1-4-12-34-28(8-1)31-11-7-14-36-40(31)41-37(22-21-32-29-9-2-5-13-35(29)44(34)42(32)41)43(36)27-19-16-25(17-20-27)26-18-23-39-33(24-26)30-10-3-6-15-38(30)45-39;1-4-17-33-28(12-1)30-16-8-19-35-40(30)41-36(23-22-31-29-13-2-5-18-34(29)44(33)42(31)41)43(35)26-11-7-10-25(24-26)27-15-9-21-38-39(27)32-14-3-6-20-37(32)45-38/h3*1-24H. The monoisotopic (exact) mass is 1730 g/mol. The van der Waals surface area contributed by atoms with Crippen LogP contribution in [-0.4, -0.2) is 26.9 Å². The number of aromatic nitrogens is 6. The van der Waals surface area contributed by atoms with Crippen molar-refractivity contribution in [1.29, 1.82) is 0 Å². The summed E-state index contributed by atoms with van der Waals surface area (Å²) in [5.41, 5.74) is 33.0. The van der Waals surface area contributed by atoms with E-state index in [0.29, 0.717) is 0 Å². The van der Waals surface area contributed by atoms with Crippen LogP contribution in [0.25, 0.3) is 294 Å². The van der Waals surface area contributed by atoms with Crippen molar-refractivity contribution >= 4 is 255 Å². The van der Waals surface area contributed by atoms with Crippen molar-refractivity contribution in [2.75, 3.05) is 0 Å². The van der Waals surface area contributed by atoms with Gasteiger partial charge in [-0.25, -0.2) is 0 Å². The second kappa shape index (κ2) is 27.4. The zero-order chi connectivity index (χ0) is 87.7. The number of hydrogen-bond donors (Lipinski definition) is 0. The van der Waals surface area contributed by atoms with Crippen LogP contribution in [-0.2, 0) is 0 Å². The maximum absolute atomic E-state index is 6.37. The number of benzene rings is 21. The van der Waals surface area contributed by atoms with Crippen molar-refractivity contribution in [3.05, 3.63) is 437 Å². The van der Waals surface area contributed by atoms with Crippen LogP contribution in [0.15, 0.2) is 446 Å². The maximum Gasteiger partial charge on any atom is 0.143 e. The third kappa shape index (κ3) is 10.0. The number of furan rings is 2. The van der Waals surface area contributed by atoms with Gasteiger partial charge in [-0.1, -0.05) is 291 Å². The van der Waals surface area contributed by atoms with Crippen LogP contribution >= 0.6 is 11.3 Å². The molecule has 0 spiro atoms. The molecule has 9 heteroatoms. The topological polar surface area (TPSA) is 54.3 Å². The van der Waals surface area contributed by atoms with Gasteiger partial charge >= 0.3 is 0 Å². The first-order valence-electron chi connectivity index (χ1n) is 46.4. The van der Waals surface area contributed by atoms with Crippen LogP contribution in [0.5, 0.6) is 0 Å². The Morgan fingerprint density at radius 3 is 1.00 bits per heavy atom. The summed E-state index contributed by atoms with van der Waals surface area (Å²) in [6.07, 6.45) is 0. The number of fused-ring (bicyclic) bond motifs is 27. The molecule has 0 N–H and O–H groups in total. The van der Waals surface area contributed by atoms with Crippen LogP contribution in [0.2, 0.25) is 0 Å². The lowest BCUT2D eigenvalue weighted by atomic mass is 9.99. The van der Waals surface area contributed by atoms with Crippen LogP contribution < -0.4 is 0 Å². The molecule has 0 saturated carbocycles. The number of rotatable bonds is 6. The predicted molar refractivity (Wildman–Crippen MR) is 570 cm³/mol. The summed E-state index contributed by atoms with van der Waals surface area (Å²) in [4.78, 5) is 0. The second-order valence-corrected chi connectivity index (χ2v) is 37.4. The Bertz CT molecular complexity index is 10900. The predicted octanol–water partition coefficient (Wildman–Crippen LogP) is 35.0. The Balaban J connectivity index is 0.0000000945. The maximum atomic E-state index is 6.37. The minimum atomic E-state index is 0.921. The molecular formula is C126H72N6O2S. The van der Waals surface area contributed by atoms with Crippen LogP contribution in [0.3, 0.4) is 0 Å². The molecule has 135 heavy (non-hydrogen) atoms. The summed E-state index contributed by atoms with van der Waals surface area (Å²) >= 11 is 1.88. The van der Waals surface area contributed by atoms with Crippen molar-refractivity contribution in [3.8, 4) is 50.4 Å². The quantitative estimate of drug-likeness (QED) is 0.167. The molecule has 0 fully saturated rings. The van der Waals surface area contributed by atoms with E-state index in [1.165, 1.54) is 228 Å². The molecule has 0 aliphatic heterocycles. The van der Waals surface area contributed by atoms with Crippen LogP contribution in [0.1, 0.15) is 0 Å². The molecule has 21 aromatic carbocycles. The van der Waals surface area contributed by atoms with Gasteiger partial charge in [0.05, 0.1) is 82.8 Å². The van der Waals surface area contributed by atoms with Crippen molar-refractivity contribution in [3.63, 3.8) is 0 Å². The normalized spacial score (nSPS) is 12.4. The molecular weight excluding hydrogens is 1660 g/mol. The third-order valence-corrected chi connectivity index (χ3v) is 30.7. The second-order valence-electron chi connectivity index (χ2n) is 36.3. The van der Waals surface area contributed by atoms with Gasteiger partial charge in [-0.15, -0.1) is 11.3 Å². The summed E-state index contributed by atoms with van der Waals surface area (Å²) in [5, 5.41) is 30.6. The first-order valence-corrected chi connectivity index (χ1v) is 47.2. The van der Waals surface area contributed by atoms with Gasteiger partial charge in [0, 0.05) is 145 Å². The molecule has 624 valence electrons. The van der Waals surface area contributed by atoms with Gasteiger partial charge in [-0.2, -0.15) is 0 Å². The van der Waals surface area contributed by atoms with Crippen molar-refractivity contribution in [2.45, 2.75) is 0 Å². The van der Waals surface area contributed by atoms with Crippen molar-refractivity contribution < 1.29 is 8.83 Å². The van der Waals surface area contributed by atoms with Crippen molar-refractivity contribution in [1.82, 2.24) is 26.9 Å². The van der Waals surface area contributed by atoms with Gasteiger partial charge in [0.15, 0.2) is 0 Å². The van der Waals surface area contributed by atoms with Crippen LogP contribution in [0.4, 0.5) is 0 Å². The SMILES string of the molecule is c1cc(-c2cccc3sc4ccccc4c23)cc(-n2c3cccc4c5ccccc5n5c6ccccc6c6ccc2c(c43)c65)c1.c1ccc2c(c1)oc1c(-c3ccc(-n4c5cccc6c7ccccc7n7c8ccccc8c8ccc4c(c65)c87)cc3)cccc12.c1ccc2c(c1)oc1ccc(-c3ccc(-n4c5cccc6c7ccccc7n7c8ccccc8c8ccc4c(c65)c87)cc3)cc12. The minimum absolute atomic E-state index is 0.921. The van der Waals surface area contributed by atoms with E-state index >= 15 is 0 Å². The molecule has 0 saturated heterocycles. The largest absolute Gasteiger partial charge is 0.456 e. The molecule has 12 aromatic heterocycles. The van der Waals surface area contributed by atoms with Gasteiger partial charge in [0.25, 0.3) is 0 Å². The highest BCUT2D eigenvalue weighted by molar-refractivity contribution is 7.26. The third-order valence-electron chi connectivity index (χ3n) is 29.6. The fourth-order valence-electron chi connectivity index (χ4n) is 24.0. The molecule has 0 aliphatic rings. The highest BCUT2D eigenvalue weighted by atomic mass is 32.1. The lowest BCUT2D eigenvalue weighted by Gasteiger charge is -2.12. The molecule has 8 nitrogen and oxygen atoms in total. The first kappa shape index (κ1) is 73.1. The fraction of sp³-hybridized carbons (Fsp3) is 0. The summed E-state index contributed by atoms with van der Waals surface area (Å²) in [6.45, 7) is 0. The van der Waals surface area contributed by atoms with Crippen molar-refractivity contribution in [2.24, 2.45) is 0 Å². The number of thiophene rings is 1. The average molecular weight is 1730 g/mol. The number of para-hydroxylation sites is 9. The van der Waals surface area contributed by atoms with Gasteiger partial charge in [0.1, 0.15) is 22.3 Å². The Morgan fingerprint density at radius 2 is 0.504 bits per heavy atom. The number of hydrogen-bond acceptors (Lipinski definition) is 3. The van der Waals surface area contributed by atoms with E-state index in [0.717, 1.165) is 66.4 Å². The highest BCUT2D eigenvalue weighted by Gasteiger charge is 2.29. The first-order chi connectivity index (χ1) is 67.0. The van der Waals surface area contributed by atoms with E-state index in [-0.39, 0.29) is 0 Å². The smallest absolute Gasteiger partial charge is 0.143 e. The molecule has 0 bridgehead atoms. The van der Waals surface area contributed by atoms with Gasteiger partial charge in [-0.05, 0) is 190 Å². The molecule has 12 heterocycles. The molecule has 0 amide bonds. The Kier molecular flexibility index (Phi) is 14.8. The minimum Gasteiger partial charge on any atom is -0.456 e. The Morgan fingerprint density at radius 1 is 0.163 bits per heavy atom. The van der Waals surface area contributed by atoms with Gasteiger partial charge < -0.3 is 35.7 Å². The highest BCUT2D eigenvalue weighted by Crippen LogP contribution is 2.52. The Labute approximate surface area is 772 Å². The van der Waals surface area contributed by atoms with E-state index < -0.39 is 0 Å². The van der Waals surface area contributed by atoms with Gasteiger partial charge in [-0.3, -0.25) is 0 Å². The average Bonchev–Trinajstić information content (AvgIpc) is 1.53. The van der Waals surface area contributed by atoms with E-state index in [1.807, 2.05) is 35.6 Å².